The highest BCUT2D eigenvalue weighted by Gasteiger charge is 2.25. The number of methoxy groups -OCH3 is 1. The van der Waals surface area contributed by atoms with Crippen LogP contribution in [0.5, 0.6) is 5.75 Å². The summed E-state index contributed by atoms with van der Waals surface area (Å²) < 4.78 is 5.18. The minimum absolute atomic E-state index is 0.00261. The second kappa shape index (κ2) is 6.50. The molecule has 7 nitrogen and oxygen atoms in total. The summed E-state index contributed by atoms with van der Waals surface area (Å²) in [6, 6.07) is 7.63. The Bertz CT molecular complexity index is 739. The van der Waals surface area contributed by atoms with Crippen molar-refractivity contribution >= 4 is 5.95 Å². The molecule has 0 saturated heterocycles. The molecule has 1 aliphatic rings. The van der Waals surface area contributed by atoms with Gasteiger partial charge in [0.05, 0.1) is 38.2 Å². The van der Waals surface area contributed by atoms with E-state index in [4.69, 9.17) is 15.1 Å². The summed E-state index contributed by atoms with van der Waals surface area (Å²) in [6.45, 7) is 1.37. The number of hydrogen-bond acceptors (Lipinski definition) is 7. The lowest BCUT2D eigenvalue weighted by molar-refractivity contribution is 0.311. The number of ether oxygens (including phenoxy) is 1. The lowest BCUT2D eigenvalue weighted by atomic mass is 10.1. The summed E-state index contributed by atoms with van der Waals surface area (Å²) in [5, 5.41) is 21.1. The summed E-state index contributed by atoms with van der Waals surface area (Å²) in [4.78, 5) is 10.7. The molecule has 2 N–H and O–H groups in total. The predicted molar refractivity (Wildman–Crippen MR) is 84.5 cm³/mol. The Morgan fingerprint density at radius 2 is 2.09 bits per heavy atom. The van der Waals surface area contributed by atoms with Gasteiger partial charge in [0.2, 0.25) is 5.95 Å². The molecule has 1 aliphatic heterocycles. The van der Waals surface area contributed by atoms with Crippen LogP contribution in [0.15, 0.2) is 24.3 Å². The van der Waals surface area contributed by atoms with E-state index in [1.807, 2.05) is 24.3 Å². The van der Waals surface area contributed by atoms with Gasteiger partial charge < -0.3 is 20.1 Å². The summed E-state index contributed by atoms with van der Waals surface area (Å²) in [5.74, 6) is 1.24. The number of fused-ring (bicyclic) bond motifs is 1. The molecular formula is C16H17N5O2. The van der Waals surface area contributed by atoms with Crippen LogP contribution in [-0.4, -0.2) is 40.2 Å². The number of hydrogen-bond donors (Lipinski definition) is 2. The molecule has 2 heterocycles. The van der Waals surface area contributed by atoms with Crippen LogP contribution in [0.4, 0.5) is 5.95 Å². The molecule has 23 heavy (non-hydrogen) atoms. The van der Waals surface area contributed by atoms with Crippen molar-refractivity contribution in [1.82, 2.24) is 14.9 Å². The van der Waals surface area contributed by atoms with E-state index in [0.29, 0.717) is 25.6 Å². The van der Waals surface area contributed by atoms with E-state index in [9.17, 15) is 0 Å². The fraction of sp³-hybridized carbons (Fsp3) is 0.312. The Morgan fingerprint density at radius 1 is 1.30 bits per heavy atom. The van der Waals surface area contributed by atoms with Crippen LogP contribution in [0.1, 0.15) is 11.3 Å². The van der Waals surface area contributed by atoms with Crippen LogP contribution in [0.2, 0.25) is 0 Å². The van der Waals surface area contributed by atoms with E-state index in [1.54, 1.807) is 12.0 Å². The molecule has 0 fully saturated rings. The van der Waals surface area contributed by atoms with Gasteiger partial charge in [-0.05, 0) is 24.3 Å². The molecule has 1 aromatic heterocycles. The molecular weight excluding hydrogens is 294 g/mol. The first-order chi connectivity index (χ1) is 11.2. The summed E-state index contributed by atoms with van der Waals surface area (Å²) in [6.07, 6.45) is 2.16. The number of aliphatic hydroxyl groups excluding tert-OH is 1. The number of nitriles is 1. The summed E-state index contributed by atoms with van der Waals surface area (Å²) >= 11 is 0. The average Bonchev–Trinajstić information content (AvgIpc) is 3.02. The van der Waals surface area contributed by atoms with Gasteiger partial charge in [-0.1, -0.05) is 0 Å². The number of rotatable bonds is 5. The highest BCUT2D eigenvalue weighted by molar-refractivity contribution is 5.66. The van der Waals surface area contributed by atoms with E-state index in [-0.39, 0.29) is 6.61 Å². The van der Waals surface area contributed by atoms with Gasteiger partial charge in [0, 0.05) is 17.7 Å². The topological polar surface area (TPSA) is 94.3 Å². The number of benzene rings is 1. The number of aromatic nitrogens is 2. The van der Waals surface area contributed by atoms with Crippen molar-refractivity contribution in [3.05, 3.63) is 35.5 Å². The lowest BCUT2D eigenvalue weighted by Crippen LogP contribution is -2.11. The van der Waals surface area contributed by atoms with Gasteiger partial charge in [-0.3, -0.25) is 0 Å². The van der Waals surface area contributed by atoms with E-state index in [1.165, 1.54) is 0 Å². The Balaban J connectivity index is 2.03. The van der Waals surface area contributed by atoms with Crippen LogP contribution in [-0.2, 0) is 13.1 Å². The Morgan fingerprint density at radius 3 is 2.74 bits per heavy atom. The van der Waals surface area contributed by atoms with Crippen LogP contribution in [0.25, 0.3) is 11.3 Å². The minimum Gasteiger partial charge on any atom is -0.497 e. The SMILES string of the molecule is COc1ccc(-c2nc(NCCO)nc3c2CN(C#N)C3)cc1. The molecule has 1 aromatic carbocycles. The van der Waals surface area contributed by atoms with E-state index in [2.05, 4.69) is 21.5 Å². The minimum atomic E-state index is 0.00261. The van der Waals surface area contributed by atoms with E-state index < -0.39 is 0 Å². The highest BCUT2D eigenvalue weighted by Crippen LogP contribution is 2.31. The third kappa shape index (κ3) is 3.03. The lowest BCUT2D eigenvalue weighted by Gasteiger charge is -2.11. The predicted octanol–water partition coefficient (Wildman–Crippen LogP) is 1.35. The maximum absolute atomic E-state index is 9.14. The largest absolute Gasteiger partial charge is 0.497 e. The summed E-state index contributed by atoms with van der Waals surface area (Å²) in [7, 11) is 1.62. The Hall–Kier alpha value is -2.85. The molecule has 0 saturated carbocycles. The molecule has 0 spiro atoms. The maximum atomic E-state index is 9.14. The van der Waals surface area contributed by atoms with E-state index in [0.717, 1.165) is 28.3 Å². The molecule has 0 aliphatic carbocycles. The van der Waals surface area contributed by atoms with Gasteiger partial charge in [-0.15, -0.1) is 0 Å². The highest BCUT2D eigenvalue weighted by atomic mass is 16.5. The molecule has 3 rings (SSSR count). The van der Waals surface area contributed by atoms with Crippen molar-refractivity contribution in [3.8, 4) is 23.2 Å². The van der Waals surface area contributed by atoms with Crippen molar-refractivity contribution in [3.63, 3.8) is 0 Å². The molecule has 0 bridgehead atoms. The Kier molecular flexibility index (Phi) is 4.26. The molecule has 0 radical (unpaired) electrons. The van der Waals surface area contributed by atoms with Gasteiger partial charge >= 0.3 is 0 Å². The molecule has 0 unspecified atom stereocenters. The molecule has 0 atom stereocenters. The van der Waals surface area contributed by atoms with Crippen LogP contribution in [0, 0.1) is 11.5 Å². The summed E-state index contributed by atoms with van der Waals surface area (Å²) in [5.41, 5.74) is 3.55. The van der Waals surface area contributed by atoms with Crippen LogP contribution in [0.3, 0.4) is 0 Å². The van der Waals surface area contributed by atoms with Gasteiger partial charge in [0.1, 0.15) is 5.75 Å². The third-order valence-corrected chi connectivity index (χ3v) is 3.68. The molecule has 118 valence electrons. The number of nitrogens with zero attached hydrogens (tertiary/aromatic N) is 4. The first-order valence-corrected chi connectivity index (χ1v) is 7.28. The van der Waals surface area contributed by atoms with Crippen LogP contribution >= 0.6 is 0 Å². The Labute approximate surface area is 134 Å². The quantitative estimate of drug-likeness (QED) is 0.805. The normalized spacial score (nSPS) is 12.7. The van der Waals surface area contributed by atoms with Crippen molar-refractivity contribution in [2.75, 3.05) is 25.6 Å². The molecule has 7 heteroatoms. The first-order valence-electron chi connectivity index (χ1n) is 7.28. The third-order valence-electron chi connectivity index (χ3n) is 3.68. The second-order valence-corrected chi connectivity index (χ2v) is 5.16. The smallest absolute Gasteiger partial charge is 0.223 e. The number of anilines is 1. The van der Waals surface area contributed by atoms with Gasteiger partial charge in [-0.2, -0.15) is 5.26 Å². The number of aliphatic hydroxyl groups is 1. The zero-order chi connectivity index (χ0) is 16.2. The number of nitrogens with one attached hydrogen (secondary N) is 1. The maximum Gasteiger partial charge on any atom is 0.223 e. The van der Waals surface area contributed by atoms with Gasteiger partial charge in [0.15, 0.2) is 6.19 Å². The van der Waals surface area contributed by atoms with Crippen molar-refractivity contribution in [2.24, 2.45) is 0 Å². The molecule has 0 amide bonds. The zero-order valence-electron chi connectivity index (χ0n) is 12.8. The van der Waals surface area contributed by atoms with Crippen LogP contribution < -0.4 is 10.1 Å². The van der Waals surface area contributed by atoms with Gasteiger partial charge in [-0.25, -0.2) is 9.97 Å². The standard InChI is InChI=1S/C16H17N5O2/c1-23-12-4-2-11(3-5-12)15-13-8-21(10-17)9-14(13)19-16(20-15)18-6-7-22/h2-5,22H,6-9H2,1H3,(H,18,19,20). The fourth-order valence-electron chi connectivity index (χ4n) is 2.56. The first kappa shape index (κ1) is 15.1. The van der Waals surface area contributed by atoms with Crippen molar-refractivity contribution in [1.29, 1.82) is 5.26 Å². The van der Waals surface area contributed by atoms with Gasteiger partial charge in [0.25, 0.3) is 0 Å². The van der Waals surface area contributed by atoms with E-state index >= 15 is 0 Å². The van der Waals surface area contributed by atoms with Crippen molar-refractivity contribution < 1.29 is 9.84 Å². The fourth-order valence-corrected chi connectivity index (χ4v) is 2.56. The zero-order valence-corrected chi connectivity index (χ0v) is 12.8. The molecule has 2 aromatic rings. The van der Waals surface area contributed by atoms with Crippen molar-refractivity contribution in [2.45, 2.75) is 13.1 Å². The average molecular weight is 311 g/mol. The monoisotopic (exact) mass is 311 g/mol. The second-order valence-electron chi connectivity index (χ2n) is 5.16.